The number of likely N-dealkylation sites (N-methyl/N-ethyl adjacent to an activating group) is 1. The number of nitrogens with zero attached hydrogens (tertiary/aromatic N) is 1. The van der Waals surface area contributed by atoms with Gasteiger partial charge in [0.05, 0.1) is 14.9 Å². The number of rotatable bonds is 1. The number of ether oxygens (including phenoxy) is 1. The van der Waals surface area contributed by atoms with Crippen LogP contribution in [0, 0.1) is 0 Å². The van der Waals surface area contributed by atoms with Gasteiger partial charge in [-0.2, -0.15) is 0 Å². The lowest BCUT2D eigenvalue weighted by atomic mass is 9.56. The van der Waals surface area contributed by atoms with Gasteiger partial charge in [-0.3, -0.25) is 9.69 Å². The molecule has 0 radical (unpaired) electrons. The monoisotopic (exact) mass is 315 g/mol. The number of Topliss-reactive ketones (excluding diaryl/α,β-unsaturated/α-hetero) is 1. The standard InChI is InChI=1S/C17H18NO3P/c1-18-7-6-17-10-3-4-12(19)16(17)20-15-13(21-22)5-2-9(14(15)17)8-11(10)18/h2-3,5,11,16H,4,6-8,22H2,1H3/t11-,16+,17+/m1/s1. The summed E-state index contributed by atoms with van der Waals surface area (Å²) in [7, 11) is 4.48. The predicted octanol–water partition coefficient (Wildman–Crippen LogP) is 2.01. The van der Waals surface area contributed by atoms with Crippen molar-refractivity contribution in [1.82, 2.24) is 4.90 Å². The first kappa shape index (κ1) is 13.1. The summed E-state index contributed by atoms with van der Waals surface area (Å²) in [5.74, 6) is 1.71. The summed E-state index contributed by atoms with van der Waals surface area (Å²) < 4.78 is 11.6. The summed E-state index contributed by atoms with van der Waals surface area (Å²) in [6.45, 7) is 1.000. The molecule has 1 aromatic carbocycles. The van der Waals surface area contributed by atoms with Crippen LogP contribution < -0.4 is 9.26 Å². The molecule has 2 heterocycles. The number of hydrogen-bond acceptors (Lipinski definition) is 4. The van der Waals surface area contributed by atoms with Crippen molar-refractivity contribution in [3.63, 3.8) is 0 Å². The van der Waals surface area contributed by atoms with E-state index in [4.69, 9.17) is 9.26 Å². The Labute approximate surface area is 131 Å². The summed E-state index contributed by atoms with van der Waals surface area (Å²) in [5, 5.41) is 0. The molecule has 1 saturated heterocycles. The Hall–Kier alpha value is -1.38. The predicted molar refractivity (Wildman–Crippen MR) is 85.3 cm³/mol. The van der Waals surface area contributed by atoms with Crippen LogP contribution in [0.2, 0.25) is 0 Å². The molecule has 1 spiro atoms. The molecule has 0 aromatic heterocycles. The van der Waals surface area contributed by atoms with Crippen molar-refractivity contribution in [1.29, 1.82) is 0 Å². The molecule has 1 unspecified atom stereocenters. The largest absolute Gasteiger partial charge is 0.477 e. The lowest BCUT2D eigenvalue weighted by Gasteiger charge is -2.52. The normalized spacial score (nSPS) is 34.8. The second-order valence-electron chi connectivity index (χ2n) is 6.79. The number of carbonyl (C=O) groups excluding carboxylic acids is 1. The molecular weight excluding hydrogens is 297 g/mol. The number of hydrogen-bond donors (Lipinski definition) is 0. The molecule has 2 bridgehead atoms. The van der Waals surface area contributed by atoms with E-state index in [9.17, 15) is 4.79 Å². The zero-order valence-corrected chi connectivity index (χ0v) is 13.6. The average Bonchev–Trinajstić information content (AvgIpc) is 2.88. The van der Waals surface area contributed by atoms with Crippen LogP contribution in [0.3, 0.4) is 0 Å². The van der Waals surface area contributed by atoms with E-state index in [0.29, 0.717) is 12.5 Å². The minimum Gasteiger partial charge on any atom is -0.477 e. The average molecular weight is 315 g/mol. The van der Waals surface area contributed by atoms with Crippen molar-refractivity contribution < 1.29 is 14.1 Å². The van der Waals surface area contributed by atoms with Gasteiger partial charge in [-0.15, -0.1) is 0 Å². The summed E-state index contributed by atoms with van der Waals surface area (Å²) in [4.78, 5) is 15.0. The van der Waals surface area contributed by atoms with E-state index in [1.165, 1.54) is 16.7 Å². The first-order valence-electron chi connectivity index (χ1n) is 7.80. The maximum atomic E-state index is 12.6. The Balaban J connectivity index is 1.86. The van der Waals surface area contributed by atoms with E-state index in [1.54, 1.807) is 0 Å². The van der Waals surface area contributed by atoms with Gasteiger partial charge < -0.3 is 9.26 Å². The zero-order chi connectivity index (χ0) is 15.1. The first-order chi connectivity index (χ1) is 10.7. The van der Waals surface area contributed by atoms with E-state index < -0.39 is 0 Å². The minimum absolute atomic E-state index is 0.200. The fourth-order valence-electron chi connectivity index (χ4n) is 5.01. The second kappa shape index (κ2) is 4.12. The Kier molecular flexibility index (Phi) is 2.45. The number of carbonyl (C=O) groups is 1. The molecule has 1 fully saturated rings. The van der Waals surface area contributed by atoms with E-state index in [0.717, 1.165) is 30.9 Å². The SMILES string of the molecule is CN1CC[C@@]23C4=CCC(=O)[C@@H]2Oc2c(OP)ccc(c23)C[C@H]41. The third kappa shape index (κ3) is 1.30. The molecular formula is C17H18NO3P. The number of allylic oxidation sites excluding steroid dienone is 1. The van der Waals surface area contributed by atoms with Crippen LogP contribution in [-0.4, -0.2) is 36.4 Å². The summed E-state index contributed by atoms with van der Waals surface area (Å²) in [6, 6.07) is 4.51. The van der Waals surface area contributed by atoms with Crippen LogP contribution in [0.15, 0.2) is 23.8 Å². The second-order valence-corrected chi connectivity index (χ2v) is 7.03. The molecule has 4 aliphatic rings. The Morgan fingerprint density at radius 2 is 2.32 bits per heavy atom. The maximum absolute atomic E-state index is 12.6. The van der Waals surface area contributed by atoms with Gasteiger partial charge in [-0.05, 0) is 43.6 Å². The van der Waals surface area contributed by atoms with Crippen molar-refractivity contribution >= 4 is 15.2 Å². The van der Waals surface area contributed by atoms with E-state index >= 15 is 0 Å². The molecule has 2 aliphatic heterocycles. The highest BCUT2D eigenvalue weighted by Gasteiger charge is 2.62. The molecule has 0 amide bonds. The third-order valence-corrected chi connectivity index (χ3v) is 6.21. The minimum atomic E-state index is -0.362. The Bertz CT molecular complexity index is 744. The van der Waals surface area contributed by atoms with Crippen LogP contribution in [-0.2, 0) is 16.6 Å². The summed E-state index contributed by atoms with van der Waals surface area (Å²) in [6.07, 6.45) is 4.25. The highest BCUT2D eigenvalue weighted by atomic mass is 31.0. The smallest absolute Gasteiger partial charge is 0.178 e. The van der Waals surface area contributed by atoms with Gasteiger partial charge in [0, 0.05) is 18.0 Å². The van der Waals surface area contributed by atoms with Gasteiger partial charge in [0.15, 0.2) is 23.4 Å². The van der Waals surface area contributed by atoms with Gasteiger partial charge in [0.1, 0.15) is 0 Å². The van der Waals surface area contributed by atoms with Crippen LogP contribution in [0.25, 0.3) is 0 Å². The van der Waals surface area contributed by atoms with E-state index in [-0.39, 0.29) is 17.3 Å². The van der Waals surface area contributed by atoms with E-state index in [2.05, 4.69) is 33.6 Å². The number of ketones is 1. The van der Waals surface area contributed by atoms with Crippen molar-refractivity contribution in [3.05, 3.63) is 34.9 Å². The molecule has 1 aromatic rings. The molecule has 5 rings (SSSR count). The molecule has 4 atom stereocenters. The number of piperidine rings is 1. The first-order valence-corrected chi connectivity index (χ1v) is 8.27. The Morgan fingerprint density at radius 1 is 1.45 bits per heavy atom. The van der Waals surface area contributed by atoms with Gasteiger partial charge in [0.2, 0.25) is 0 Å². The van der Waals surface area contributed by atoms with Crippen LogP contribution >= 0.6 is 9.47 Å². The Morgan fingerprint density at radius 3 is 3.14 bits per heavy atom. The van der Waals surface area contributed by atoms with Crippen molar-refractivity contribution in [3.8, 4) is 11.5 Å². The lowest BCUT2D eigenvalue weighted by Crippen LogP contribution is -2.60. The molecule has 22 heavy (non-hydrogen) atoms. The van der Waals surface area contributed by atoms with Gasteiger partial charge >= 0.3 is 0 Å². The fraction of sp³-hybridized carbons (Fsp3) is 0.471. The highest BCUT2D eigenvalue weighted by molar-refractivity contribution is 7.10. The summed E-state index contributed by atoms with van der Waals surface area (Å²) >= 11 is 0. The van der Waals surface area contributed by atoms with Crippen LogP contribution in [0.4, 0.5) is 0 Å². The zero-order valence-electron chi connectivity index (χ0n) is 12.5. The van der Waals surface area contributed by atoms with Crippen molar-refractivity contribution in [2.24, 2.45) is 0 Å². The maximum Gasteiger partial charge on any atom is 0.178 e. The van der Waals surface area contributed by atoms with Crippen molar-refractivity contribution in [2.75, 3.05) is 13.6 Å². The molecule has 0 saturated carbocycles. The highest BCUT2D eigenvalue weighted by Crippen LogP contribution is 2.61. The van der Waals surface area contributed by atoms with Crippen LogP contribution in [0.1, 0.15) is 24.0 Å². The molecule has 114 valence electrons. The fourth-order valence-corrected chi connectivity index (χ4v) is 5.20. The summed E-state index contributed by atoms with van der Waals surface area (Å²) in [5.41, 5.74) is 3.69. The van der Waals surface area contributed by atoms with Gasteiger partial charge in [-0.25, -0.2) is 0 Å². The van der Waals surface area contributed by atoms with E-state index in [1.807, 2.05) is 6.07 Å². The lowest BCUT2D eigenvalue weighted by molar-refractivity contribution is -0.128. The van der Waals surface area contributed by atoms with Crippen molar-refractivity contribution in [2.45, 2.75) is 36.8 Å². The third-order valence-electron chi connectivity index (χ3n) is 5.96. The molecule has 5 heteroatoms. The molecule has 2 aliphatic carbocycles. The van der Waals surface area contributed by atoms with Gasteiger partial charge in [0.25, 0.3) is 0 Å². The molecule has 0 N–H and O–H groups in total. The number of likely N-dealkylation sites (tertiary alicyclic amines) is 1. The molecule has 4 nitrogen and oxygen atoms in total. The topological polar surface area (TPSA) is 38.8 Å². The quantitative estimate of drug-likeness (QED) is 0.587. The van der Waals surface area contributed by atoms with Crippen LogP contribution in [0.5, 0.6) is 11.5 Å². The van der Waals surface area contributed by atoms with Gasteiger partial charge in [-0.1, -0.05) is 12.1 Å². The number of benzene rings is 1.